The second-order valence-electron chi connectivity index (χ2n) is 4.52. The minimum Gasteiger partial charge on any atom is -0.508 e. The number of ether oxygens (including phenoxy) is 1. The Morgan fingerprint density at radius 1 is 1.44 bits per heavy atom. The van der Waals surface area contributed by atoms with Gasteiger partial charge in [0.1, 0.15) is 5.75 Å². The van der Waals surface area contributed by atoms with E-state index in [9.17, 15) is 10.2 Å². The normalized spacial score (nSPS) is 14.3. The number of benzene rings is 1. The largest absolute Gasteiger partial charge is 0.508 e. The van der Waals surface area contributed by atoms with Crippen LogP contribution in [0.3, 0.4) is 0 Å². The van der Waals surface area contributed by atoms with Crippen molar-refractivity contribution in [3.05, 3.63) is 23.8 Å². The molecule has 0 aliphatic rings. The van der Waals surface area contributed by atoms with Gasteiger partial charge in [0, 0.05) is 44.1 Å². The molecule has 0 amide bonds. The Kier molecular flexibility index (Phi) is 5.40. The summed E-state index contributed by atoms with van der Waals surface area (Å²) < 4.78 is 4.87. The third kappa shape index (κ3) is 3.87. The van der Waals surface area contributed by atoms with Crippen LogP contribution in [0.1, 0.15) is 18.5 Å². The number of phenolic OH excluding ortho intramolecular Hbond substituents is 1. The lowest BCUT2D eigenvalue weighted by Crippen LogP contribution is -2.31. The van der Waals surface area contributed by atoms with Crippen molar-refractivity contribution < 1.29 is 14.9 Å². The van der Waals surface area contributed by atoms with Crippen LogP contribution in [-0.2, 0) is 4.74 Å². The van der Waals surface area contributed by atoms with Crippen LogP contribution in [0.5, 0.6) is 5.75 Å². The number of hydrogen-bond donors (Lipinski definition) is 3. The predicted octanol–water partition coefficient (Wildman–Crippen LogP) is 0.855. The Morgan fingerprint density at radius 3 is 2.61 bits per heavy atom. The summed E-state index contributed by atoms with van der Waals surface area (Å²) in [6.07, 6.45) is -0.560. The molecule has 18 heavy (non-hydrogen) atoms. The van der Waals surface area contributed by atoms with Crippen LogP contribution >= 0.6 is 0 Å². The first-order chi connectivity index (χ1) is 8.45. The van der Waals surface area contributed by atoms with Crippen molar-refractivity contribution in [2.45, 2.75) is 19.1 Å². The first kappa shape index (κ1) is 14.8. The third-order valence-electron chi connectivity index (χ3n) is 2.79. The smallest absolute Gasteiger partial charge is 0.122 e. The molecule has 1 aromatic carbocycles. The van der Waals surface area contributed by atoms with E-state index in [0.717, 1.165) is 5.69 Å². The van der Waals surface area contributed by atoms with Crippen LogP contribution in [0.4, 0.5) is 5.69 Å². The Bertz CT molecular complexity index is 382. The Hall–Kier alpha value is -1.30. The summed E-state index contributed by atoms with van der Waals surface area (Å²) in [5, 5.41) is 19.5. The molecule has 0 aromatic heterocycles. The van der Waals surface area contributed by atoms with E-state index in [0.29, 0.717) is 12.1 Å². The Labute approximate surface area is 108 Å². The summed E-state index contributed by atoms with van der Waals surface area (Å²) in [5.74, 6) is 0.176. The highest BCUT2D eigenvalue weighted by Gasteiger charge is 2.12. The summed E-state index contributed by atoms with van der Waals surface area (Å²) in [6, 6.07) is 5.12. The molecule has 1 aromatic rings. The van der Waals surface area contributed by atoms with E-state index in [1.807, 2.05) is 24.9 Å². The number of rotatable bonds is 6. The van der Waals surface area contributed by atoms with E-state index in [4.69, 9.17) is 10.5 Å². The molecule has 0 bridgehead atoms. The van der Waals surface area contributed by atoms with Gasteiger partial charge in [-0.3, -0.25) is 0 Å². The molecule has 5 nitrogen and oxygen atoms in total. The van der Waals surface area contributed by atoms with Crippen LogP contribution in [0.25, 0.3) is 0 Å². The second-order valence-corrected chi connectivity index (χ2v) is 4.52. The molecule has 2 unspecified atom stereocenters. The lowest BCUT2D eigenvalue weighted by Gasteiger charge is -2.23. The summed E-state index contributed by atoms with van der Waals surface area (Å²) >= 11 is 0. The highest BCUT2D eigenvalue weighted by Crippen LogP contribution is 2.27. The van der Waals surface area contributed by atoms with Gasteiger partial charge >= 0.3 is 0 Å². The number of methoxy groups -OCH3 is 1. The molecule has 1 rings (SSSR count). The van der Waals surface area contributed by atoms with E-state index >= 15 is 0 Å². The first-order valence-electron chi connectivity index (χ1n) is 5.92. The van der Waals surface area contributed by atoms with Crippen LogP contribution in [0, 0.1) is 0 Å². The molecular weight excluding hydrogens is 232 g/mol. The number of nitrogens with zero attached hydrogens (tertiary/aromatic N) is 1. The molecular formula is C13H22N2O3. The zero-order valence-electron chi connectivity index (χ0n) is 11.1. The fraction of sp³-hybridized carbons (Fsp3) is 0.538. The molecule has 102 valence electrons. The molecule has 0 saturated carbocycles. The van der Waals surface area contributed by atoms with Gasteiger partial charge in [-0.1, -0.05) is 6.07 Å². The zero-order chi connectivity index (χ0) is 13.7. The van der Waals surface area contributed by atoms with E-state index in [-0.39, 0.29) is 18.4 Å². The van der Waals surface area contributed by atoms with Crippen molar-refractivity contribution in [3.8, 4) is 5.75 Å². The van der Waals surface area contributed by atoms with Crippen molar-refractivity contribution in [1.29, 1.82) is 0 Å². The van der Waals surface area contributed by atoms with E-state index in [2.05, 4.69) is 0 Å². The molecule has 0 aliphatic carbocycles. The van der Waals surface area contributed by atoms with Crippen LogP contribution in [0.2, 0.25) is 0 Å². The van der Waals surface area contributed by atoms with Crippen LogP contribution in [0.15, 0.2) is 18.2 Å². The molecule has 5 heteroatoms. The Morgan fingerprint density at radius 2 is 2.11 bits per heavy atom. The maximum Gasteiger partial charge on any atom is 0.122 e. The lowest BCUT2D eigenvalue weighted by atomic mass is 10.1. The number of hydrogen-bond acceptors (Lipinski definition) is 5. The van der Waals surface area contributed by atoms with Crippen LogP contribution < -0.4 is 10.6 Å². The average molecular weight is 254 g/mol. The van der Waals surface area contributed by atoms with Gasteiger partial charge in [0.05, 0.1) is 12.7 Å². The molecule has 2 atom stereocenters. The maximum absolute atomic E-state index is 9.85. The number of nitrogens with two attached hydrogens (primary N) is 1. The van der Waals surface area contributed by atoms with E-state index in [1.165, 1.54) is 0 Å². The lowest BCUT2D eigenvalue weighted by molar-refractivity contribution is 0.0695. The summed E-state index contributed by atoms with van der Waals surface area (Å²) in [4.78, 5) is 1.86. The summed E-state index contributed by atoms with van der Waals surface area (Å²) in [6.45, 7) is 2.54. The third-order valence-corrected chi connectivity index (χ3v) is 2.79. The summed E-state index contributed by atoms with van der Waals surface area (Å²) in [5.41, 5.74) is 7.27. The molecule has 0 heterocycles. The number of phenols is 1. The van der Waals surface area contributed by atoms with Crippen molar-refractivity contribution in [1.82, 2.24) is 0 Å². The SMILES string of the molecule is COCC(O)CN(C)c1ccc(C(C)N)c(O)c1. The highest BCUT2D eigenvalue weighted by molar-refractivity contribution is 5.53. The van der Waals surface area contributed by atoms with Crippen LogP contribution in [-0.4, -0.2) is 43.6 Å². The van der Waals surface area contributed by atoms with Crippen molar-refractivity contribution >= 4 is 5.69 Å². The van der Waals surface area contributed by atoms with Gasteiger partial charge in [-0.05, 0) is 13.0 Å². The monoisotopic (exact) mass is 254 g/mol. The number of likely N-dealkylation sites (N-methyl/N-ethyl adjacent to an activating group) is 1. The Balaban J connectivity index is 2.75. The maximum atomic E-state index is 9.85. The number of aliphatic hydroxyl groups is 1. The fourth-order valence-corrected chi connectivity index (χ4v) is 1.82. The minimum absolute atomic E-state index is 0.176. The first-order valence-corrected chi connectivity index (χ1v) is 5.92. The van der Waals surface area contributed by atoms with Crippen molar-refractivity contribution in [2.24, 2.45) is 5.73 Å². The van der Waals surface area contributed by atoms with Gasteiger partial charge in [0.2, 0.25) is 0 Å². The zero-order valence-corrected chi connectivity index (χ0v) is 11.1. The predicted molar refractivity (Wildman–Crippen MR) is 71.9 cm³/mol. The molecule has 0 radical (unpaired) electrons. The number of aromatic hydroxyl groups is 1. The van der Waals surface area contributed by atoms with Gasteiger partial charge in [0.15, 0.2) is 0 Å². The second kappa shape index (κ2) is 6.58. The summed E-state index contributed by atoms with van der Waals surface area (Å²) in [7, 11) is 3.39. The molecule has 0 spiro atoms. The molecule has 0 aliphatic heterocycles. The van der Waals surface area contributed by atoms with Gasteiger partial charge in [0.25, 0.3) is 0 Å². The van der Waals surface area contributed by atoms with E-state index < -0.39 is 6.10 Å². The fourth-order valence-electron chi connectivity index (χ4n) is 1.82. The van der Waals surface area contributed by atoms with Crippen molar-refractivity contribution in [2.75, 3.05) is 32.2 Å². The molecule has 0 fully saturated rings. The number of anilines is 1. The average Bonchev–Trinajstić information content (AvgIpc) is 2.28. The topological polar surface area (TPSA) is 79.0 Å². The van der Waals surface area contributed by atoms with Gasteiger partial charge in [-0.2, -0.15) is 0 Å². The van der Waals surface area contributed by atoms with Crippen molar-refractivity contribution in [3.63, 3.8) is 0 Å². The highest BCUT2D eigenvalue weighted by atomic mass is 16.5. The minimum atomic E-state index is -0.560. The standard InChI is InChI=1S/C13H22N2O3/c1-9(14)12-5-4-10(6-13(12)17)15(2)7-11(16)8-18-3/h4-6,9,11,16-17H,7-8,14H2,1-3H3. The van der Waals surface area contributed by atoms with Gasteiger partial charge < -0.3 is 25.6 Å². The quantitative estimate of drug-likeness (QED) is 0.701. The number of aliphatic hydroxyl groups excluding tert-OH is 1. The van der Waals surface area contributed by atoms with E-state index in [1.54, 1.807) is 19.2 Å². The molecule has 0 saturated heterocycles. The van der Waals surface area contributed by atoms with Gasteiger partial charge in [-0.25, -0.2) is 0 Å². The van der Waals surface area contributed by atoms with Gasteiger partial charge in [-0.15, -0.1) is 0 Å². The molecule has 4 N–H and O–H groups in total.